The highest BCUT2D eigenvalue weighted by Crippen LogP contribution is 2.25. The first-order valence-corrected chi connectivity index (χ1v) is 7.08. The Morgan fingerprint density at radius 2 is 1.92 bits per heavy atom. The number of nitrogens with one attached hydrogen (secondary N) is 3. The van der Waals surface area contributed by atoms with Crippen molar-refractivity contribution in [3.05, 3.63) is 53.9 Å². The summed E-state index contributed by atoms with van der Waals surface area (Å²) in [7, 11) is 0. The maximum atomic E-state index is 12.1. The number of imide groups is 1. The number of carbonyl (C=O) groups excluding carboxylic acids is 3. The molecule has 0 saturated carbocycles. The van der Waals surface area contributed by atoms with Gasteiger partial charge in [0.1, 0.15) is 11.3 Å². The van der Waals surface area contributed by atoms with Gasteiger partial charge in [-0.2, -0.15) is 0 Å². The molecule has 122 valence electrons. The van der Waals surface area contributed by atoms with Crippen LogP contribution in [0.1, 0.15) is 22.8 Å². The number of urea groups is 1. The van der Waals surface area contributed by atoms with Crippen LogP contribution in [-0.4, -0.2) is 27.9 Å². The number of hydrogen-bond acceptors (Lipinski definition) is 5. The molecule has 1 aromatic carbocycles. The molecule has 1 aliphatic heterocycles. The second-order valence-electron chi connectivity index (χ2n) is 5.50. The molecule has 4 N–H and O–H groups in total. The van der Waals surface area contributed by atoms with E-state index in [4.69, 9.17) is 0 Å². The average molecular weight is 326 g/mol. The molecule has 0 radical (unpaired) electrons. The van der Waals surface area contributed by atoms with Gasteiger partial charge in [0.2, 0.25) is 0 Å². The molecule has 1 unspecified atom stereocenters. The molecule has 1 saturated heterocycles. The Bertz CT molecular complexity index is 834. The van der Waals surface area contributed by atoms with Gasteiger partial charge in [0, 0.05) is 11.9 Å². The normalized spacial score (nSPS) is 19.5. The highest BCUT2D eigenvalue weighted by atomic mass is 16.3. The summed E-state index contributed by atoms with van der Waals surface area (Å²) in [5.74, 6) is -0.965. The predicted molar refractivity (Wildman–Crippen MR) is 84.3 cm³/mol. The van der Waals surface area contributed by atoms with Crippen LogP contribution < -0.4 is 16.0 Å². The molecule has 8 heteroatoms. The fraction of sp³-hybridized carbons (Fsp3) is 0.125. The number of rotatable bonds is 3. The Balaban J connectivity index is 1.77. The number of pyridine rings is 1. The molecule has 4 amide bonds. The summed E-state index contributed by atoms with van der Waals surface area (Å²) in [6, 6.07) is 7.27. The highest BCUT2D eigenvalue weighted by molar-refractivity contribution is 6.07. The molecule has 24 heavy (non-hydrogen) atoms. The van der Waals surface area contributed by atoms with Crippen molar-refractivity contribution in [1.29, 1.82) is 0 Å². The van der Waals surface area contributed by atoms with Crippen molar-refractivity contribution in [1.82, 2.24) is 15.6 Å². The van der Waals surface area contributed by atoms with E-state index in [0.29, 0.717) is 11.3 Å². The van der Waals surface area contributed by atoms with Gasteiger partial charge in [0.25, 0.3) is 11.8 Å². The van der Waals surface area contributed by atoms with E-state index >= 15 is 0 Å². The predicted octanol–water partition coefficient (Wildman–Crippen LogP) is 1.09. The highest BCUT2D eigenvalue weighted by Gasteiger charge is 2.43. The van der Waals surface area contributed by atoms with Gasteiger partial charge in [-0.1, -0.05) is 12.1 Å². The van der Waals surface area contributed by atoms with Crippen LogP contribution in [0.15, 0.2) is 42.7 Å². The quantitative estimate of drug-likeness (QED) is 0.629. The zero-order chi connectivity index (χ0) is 17.3. The van der Waals surface area contributed by atoms with Crippen LogP contribution in [0.2, 0.25) is 0 Å². The van der Waals surface area contributed by atoms with Crippen molar-refractivity contribution in [3.8, 4) is 5.75 Å². The third-order valence-electron chi connectivity index (χ3n) is 3.75. The van der Waals surface area contributed by atoms with Crippen LogP contribution in [0.5, 0.6) is 5.75 Å². The van der Waals surface area contributed by atoms with Gasteiger partial charge in [-0.05, 0) is 30.7 Å². The van der Waals surface area contributed by atoms with Crippen molar-refractivity contribution < 1.29 is 19.5 Å². The van der Waals surface area contributed by atoms with E-state index in [-0.39, 0.29) is 11.3 Å². The van der Waals surface area contributed by atoms with Gasteiger partial charge >= 0.3 is 6.03 Å². The molecule has 1 atom stereocenters. The third kappa shape index (κ3) is 2.76. The topological polar surface area (TPSA) is 120 Å². The van der Waals surface area contributed by atoms with Gasteiger partial charge in [-0.25, -0.2) is 4.79 Å². The zero-order valence-electron chi connectivity index (χ0n) is 12.7. The second kappa shape index (κ2) is 5.65. The van der Waals surface area contributed by atoms with Gasteiger partial charge in [-0.15, -0.1) is 0 Å². The Morgan fingerprint density at radius 1 is 1.21 bits per heavy atom. The Hall–Kier alpha value is -3.42. The SMILES string of the molecule is CC1(c2ccc(NC(=O)c3cncc(O)c3)cc2)NC(=O)NC1=O. The van der Waals surface area contributed by atoms with Crippen LogP contribution >= 0.6 is 0 Å². The summed E-state index contributed by atoms with van der Waals surface area (Å²) in [6.45, 7) is 1.60. The fourth-order valence-corrected chi connectivity index (χ4v) is 2.39. The van der Waals surface area contributed by atoms with Crippen molar-refractivity contribution in [3.63, 3.8) is 0 Å². The fourth-order valence-electron chi connectivity index (χ4n) is 2.39. The van der Waals surface area contributed by atoms with Crippen LogP contribution in [0, 0.1) is 0 Å². The standard InChI is InChI=1S/C16H14N4O4/c1-16(14(23)19-15(24)20-16)10-2-4-11(5-3-10)18-13(22)9-6-12(21)8-17-7-9/h2-8,21H,1H3,(H,18,22)(H2,19,20,23,24). The Morgan fingerprint density at radius 3 is 2.50 bits per heavy atom. The maximum absolute atomic E-state index is 12.1. The lowest BCUT2D eigenvalue weighted by Crippen LogP contribution is -2.40. The molecular weight excluding hydrogens is 312 g/mol. The van der Waals surface area contributed by atoms with Crippen LogP contribution in [0.3, 0.4) is 0 Å². The van der Waals surface area contributed by atoms with E-state index in [1.54, 1.807) is 31.2 Å². The molecule has 1 aromatic heterocycles. The van der Waals surface area contributed by atoms with Gasteiger partial charge in [0.05, 0.1) is 11.8 Å². The van der Waals surface area contributed by atoms with Crippen molar-refractivity contribution in [2.45, 2.75) is 12.5 Å². The molecule has 1 aliphatic rings. The molecule has 0 spiro atoms. The Labute approximate surface area is 136 Å². The van der Waals surface area contributed by atoms with Crippen molar-refractivity contribution in [2.24, 2.45) is 0 Å². The van der Waals surface area contributed by atoms with E-state index in [1.807, 2.05) is 0 Å². The first-order chi connectivity index (χ1) is 11.4. The van der Waals surface area contributed by atoms with Crippen LogP contribution in [0.25, 0.3) is 0 Å². The van der Waals surface area contributed by atoms with E-state index in [1.165, 1.54) is 18.5 Å². The molecule has 1 fully saturated rings. The molecule has 0 aliphatic carbocycles. The van der Waals surface area contributed by atoms with Gasteiger partial charge < -0.3 is 15.7 Å². The second-order valence-corrected chi connectivity index (χ2v) is 5.50. The lowest BCUT2D eigenvalue weighted by molar-refractivity contribution is -0.123. The minimum atomic E-state index is -1.14. The molecule has 0 bridgehead atoms. The number of nitrogens with zero attached hydrogens (tertiary/aromatic N) is 1. The number of aromatic hydroxyl groups is 1. The van der Waals surface area contributed by atoms with E-state index in [2.05, 4.69) is 20.9 Å². The smallest absolute Gasteiger partial charge is 0.322 e. The summed E-state index contributed by atoms with van der Waals surface area (Å²) < 4.78 is 0. The summed E-state index contributed by atoms with van der Waals surface area (Å²) in [4.78, 5) is 39.0. The number of carbonyl (C=O) groups is 3. The molecule has 2 heterocycles. The molecule has 3 rings (SSSR count). The summed E-state index contributed by atoms with van der Waals surface area (Å²) in [5, 5.41) is 16.8. The summed E-state index contributed by atoms with van der Waals surface area (Å²) in [6.07, 6.45) is 2.57. The number of amides is 4. The maximum Gasteiger partial charge on any atom is 0.322 e. The van der Waals surface area contributed by atoms with E-state index < -0.39 is 23.4 Å². The lowest BCUT2D eigenvalue weighted by Gasteiger charge is -2.21. The first kappa shape index (κ1) is 15.5. The molecule has 8 nitrogen and oxygen atoms in total. The lowest BCUT2D eigenvalue weighted by atomic mass is 9.92. The summed E-state index contributed by atoms with van der Waals surface area (Å²) in [5.41, 5.74) is 0.158. The van der Waals surface area contributed by atoms with Crippen molar-refractivity contribution >= 4 is 23.5 Å². The summed E-state index contributed by atoms with van der Waals surface area (Å²) >= 11 is 0. The largest absolute Gasteiger partial charge is 0.506 e. The van der Waals surface area contributed by atoms with Crippen molar-refractivity contribution in [2.75, 3.05) is 5.32 Å². The van der Waals surface area contributed by atoms with Gasteiger partial charge in [-0.3, -0.25) is 19.9 Å². The van der Waals surface area contributed by atoms with E-state index in [9.17, 15) is 19.5 Å². The molecule has 2 aromatic rings. The monoisotopic (exact) mass is 326 g/mol. The number of aromatic nitrogens is 1. The number of benzene rings is 1. The minimum absolute atomic E-state index is 0.103. The number of anilines is 1. The van der Waals surface area contributed by atoms with Gasteiger partial charge in [0.15, 0.2) is 0 Å². The van der Waals surface area contributed by atoms with E-state index in [0.717, 1.165) is 0 Å². The van der Waals surface area contributed by atoms with Crippen LogP contribution in [-0.2, 0) is 10.3 Å². The minimum Gasteiger partial charge on any atom is -0.506 e. The zero-order valence-corrected chi connectivity index (χ0v) is 12.7. The molecular formula is C16H14N4O4. The third-order valence-corrected chi connectivity index (χ3v) is 3.75. The Kier molecular flexibility index (Phi) is 3.64. The number of hydrogen-bond donors (Lipinski definition) is 4. The first-order valence-electron chi connectivity index (χ1n) is 7.08. The average Bonchev–Trinajstić information content (AvgIpc) is 2.81. The van der Waals surface area contributed by atoms with Crippen LogP contribution in [0.4, 0.5) is 10.5 Å².